The molecule has 0 N–H and O–H groups in total. The highest BCUT2D eigenvalue weighted by Crippen LogP contribution is 2.18. The third kappa shape index (κ3) is 68.0. The van der Waals surface area contributed by atoms with Gasteiger partial charge in [-0.3, -0.25) is 14.4 Å². The molecule has 1 unspecified atom stereocenters. The third-order valence-corrected chi connectivity index (χ3v) is 16.3. The molecular formula is C75H138O6. The molecule has 0 aliphatic heterocycles. The predicted molar refractivity (Wildman–Crippen MR) is 353 cm³/mol. The van der Waals surface area contributed by atoms with Crippen LogP contribution in [0.15, 0.2) is 48.6 Å². The van der Waals surface area contributed by atoms with E-state index in [9.17, 15) is 14.4 Å². The van der Waals surface area contributed by atoms with Crippen molar-refractivity contribution in [2.75, 3.05) is 13.2 Å². The second-order valence-electron chi connectivity index (χ2n) is 24.5. The second kappa shape index (κ2) is 69.9. The Kier molecular flexibility index (Phi) is 67.6. The lowest BCUT2D eigenvalue weighted by Crippen LogP contribution is -2.30. The fourth-order valence-corrected chi connectivity index (χ4v) is 10.9. The van der Waals surface area contributed by atoms with Gasteiger partial charge in [0, 0.05) is 19.3 Å². The number of esters is 3. The van der Waals surface area contributed by atoms with Crippen molar-refractivity contribution in [3.63, 3.8) is 0 Å². The minimum absolute atomic E-state index is 0.0681. The Labute approximate surface area is 505 Å². The van der Waals surface area contributed by atoms with E-state index < -0.39 is 6.10 Å². The van der Waals surface area contributed by atoms with Gasteiger partial charge in [-0.25, -0.2) is 0 Å². The number of unbranched alkanes of at least 4 members (excludes halogenated alkanes) is 48. The summed E-state index contributed by atoms with van der Waals surface area (Å²) in [5, 5.41) is 0. The Hall–Kier alpha value is -2.63. The van der Waals surface area contributed by atoms with Crippen LogP contribution in [0.3, 0.4) is 0 Å². The first-order valence-corrected chi connectivity index (χ1v) is 36.1. The Morgan fingerprint density at radius 1 is 0.247 bits per heavy atom. The van der Waals surface area contributed by atoms with E-state index in [1.807, 2.05) is 0 Å². The van der Waals surface area contributed by atoms with E-state index in [1.54, 1.807) is 0 Å². The summed E-state index contributed by atoms with van der Waals surface area (Å²) in [5.41, 5.74) is 0. The van der Waals surface area contributed by atoms with Gasteiger partial charge >= 0.3 is 17.9 Å². The Morgan fingerprint density at radius 3 is 0.679 bits per heavy atom. The zero-order valence-electron chi connectivity index (χ0n) is 54.6. The molecule has 6 heteroatoms. The van der Waals surface area contributed by atoms with E-state index in [4.69, 9.17) is 14.2 Å². The number of ether oxygens (including phenoxy) is 3. The van der Waals surface area contributed by atoms with Crippen LogP contribution in [0.4, 0.5) is 0 Å². The van der Waals surface area contributed by atoms with Crippen LogP contribution in [-0.2, 0) is 28.6 Å². The van der Waals surface area contributed by atoms with Gasteiger partial charge in [0.25, 0.3) is 0 Å². The number of carbonyl (C=O) groups is 3. The SMILES string of the molecule is CCCCCCC/C=C\C/C=C\CCCCCCCCCCCCCCCCCCCCCC(=O)OCC(COC(=O)CCCCCCCCC)OC(=O)CCCCCCCCCCCCCCC/C=C\C/C=C\CCCCCCC. The van der Waals surface area contributed by atoms with E-state index in [0.717, 1.165) is 70.6 Å². The lowest BCUT2D eigenvalue weighted by atomic mass is 10.0. The van der Waals surface area contributed by atoms with Crippen LogP contribution in [0.25, 0.3) is 0 Å². The molecule has 0 aromatic carbocycles. The van der Waals surface area contributed by atoms with Crippen LogP contribution in [0.1, 0.15) is 393 Å². The van der Waals surface area contributed by atoms with Crippen molar-refractivity contribution in [1.82, 2.24) is 0 Å². The summed E-state index contributed by atoms with van der Waals surface area (Å²) in [6, 6.07) is 0. The predicted octanol–water partition coefficient (Wildman–Crippen LogP) is 24.9. The summed E-state index contributed by atoms with van der Waals surface area (Å²) in [4.78, 5) is 38.2. The zero-order valence-corrected chi connectivity index (χ0v) is 54.6. The molecule has 0 saturated heterocycles. The monoisotopic (exact) mass is 1140 g/mol. The summed E-state index contributed by atoms with van der Waals surface area (Å²) >= 11 is 0. The van der Waals surface area contributed by atoms with E-state index in [2.05, 4.69) is 69.4 Å². The number of hydrogen-bond acceptors (Lipinski definition) is 6. The summed E-state index contributed by atoms with van der Waals surface area (Å²) < 4.78 is 16.9. The summed E-state index contributed by atoms with van der Waals surface area (Å²) in [7, 11) is 0. The van der Waals surface area contributed by atoms with Crippen molar-refractivity contribution < 1.29 is 28.6 Å². The summed E-state index contributed by atoms with van der Waals surface area (Å²) in [6.07, 6.45) is 88.9. The lowest BCUT2D eigenvalue weighted by Gasteiger charge is -2.18. The average molecular weight is 1140 g/mol. The molecular weight excluding hydrogens is 997 g/mol. The molecule has 0 aliphatic rings. The van der Waals surface area contributed by atoms with Gasteiger partial charge in [0.2, 0.25) is 0 Å². The molecule has 0 saturated carbocycles. The van der Waals surface area contributed by atoms with Crippen LogP contribution < -0.4 is 0 Å². The van der Waals surface area contributed by atoms with Gasteiger partial charge in [-0.05, 0) is 83.5 Å². The Morgan fingerprint density at radius 2 is 0.444 bits per heavy atom. The molecule has 0 aliphatic carbocycles. The highest BCUT2D eigenvalue weighted by molar-refractivity contribution is 5.71. The molecule has 0 amide bonds. The quantitative estimate of drug-likeness (QED) is 0.0261. The van der Waals surface area contributed by atoms with E-state index in [-0.39, 0.29) is 31.1 Å². The zero-order chi connectivity index (χ0) is 58.5. The lowest BCUT2D eigenvalue weighted by molar-refractivity contribution is -0.167. The topological polar surface area (TPSA) is 78.9 Å². The fourth-order valence-electron chi connectivity index (χ4n) is 10.9. The molecule has 1 atom stereocenters. The van der Waals surface area contributed by atoms with E-state index in [1.165, 1.54) is 283 Å². The van der Waals surface area contributed by atoms with Crippen molar-refractivity contribution in [3.8, 4) is 0 Å². The molecule has 0 rings (SSSR count). The average Bonchev–Trinajstić information content (AvgIpc) is 3.46. The normalized spacial score (nSPS) is 12.3. The number of allylic oxidation sites excluding steroid dienone is 8. The van der Waals surface area contributed by atoms with E-state index in [0.29, 0.717) is 19.3 Å². The Balaban J connectivity index is 4.01. The first-order chi connectivity index (χ1) is 40.0. The molecule has 0 bridgehead atoms. The van der Waals surface area contributed by atoms with E-state index >= 15 is 0 Å². The van der Waals surface area contributed by atoms with Crippen LogP contribution in [0, 0.1) is 0 Å². The van der Waals surface area contributed by atoms with Crippen LogP contribution in [-0.4, -0.2) is 37.2 Å². The van der Waals surface area contributed by atoms with Crippen molar-refractivity contribution >= 4 is 17.9 Å². The maximum absolute atomic E-state index is 12.9. The van der Waals surface area contributed by atoms with Gasteiger partial charge in [-0.15, -0.1) is 0 Å². The smallest absolute Gasteiger partial charge is 0.306 e. The van der Waals surface area contributed by atoms with Crippen molar-refractivity contribution in [1.29, 1.82) is 0 Å². The summed E-state index contributed by atoms with van der Waals surface area (Å²) in [5.74, 6) is -0.851. The van der Waals surface area contributed by atoms with Crippen molar-refractivity contribution in [2.24, 2.45) is 0 Å². The highest BCUT2D eigenvalue weighted by atomic mass is 16.6. The first kappa shape index (κ1) is 78.4. The van der Waals surface area contributed by atoms with Crippen LogP contribution in [0.2, 0.25) is 0 Å². The number of rotatable bonds is 67. The number of carbonyl (C=O) groups excluding carboxylic acids is 3. The van der Waals surface area contributed by atoms with Crippen molar-refractivity contribution in [2.45, 2.75) is 399 Å². The molecule has 0 fully saturated rings. The summed E-state index contributed by atoms with van der Waals surface area (Å²) in [6.45, 7) is 6.64. The number of hydrogen-bond donors (Lipinski definition) is 0. The van der Waals surface area contributed by atoms with Gasteiger partial charge in [-0.1, -0.05) is 339 Å². The van der Waals surface area contributed by atoms with Crippen LogP contribution >= 0.6 is 0 Å². The molecule has 474 valence electrons. The molecule has 81 heavy (non-hydrogen) atoms. The molecule has 0 aromatic rings. The highest BCUT2D eigenvalue weighted by Gasteiger charge is 2.19. The molecule has 6 nitrogen and oxygen atoms in total. The second-order valence-corrected chi connectivity index (χ2v) is 24.5. The largest absolute Gasteiger partial charge is 0.462 e. The maximum atomic E-state index is 12.9. The molecule has 0 heterocycles. The van der Waals surface area contributed by atoms with Gasteiger partial charge < -0.3 is 14.2 Å². The van der Waals surface area contributed by atoms with Gasteiger partial charge in [0.1, 0.15) is 13.2 Å². The van der Waals surface area contributed by atoms with Crippen LogP contribution in [0.5, 0.6) is 0 Å². The molecule has 0 spiro atoms. The van der Waals surface area contributed by atoms with Gasteiger partial charge in [-0.2, -0.15) is 0 Å². The third-order valence-electron chi connectivity index (χ3n) is 16.3. The first-order valence-electron chi connectivity index (χ1n) is 36.1. The minimum atomic E-state index is -0.769. The Bertz CT molecular complexity index is 1400. The standard InChI is InChI=1S/C75H138O6/c1-4-7-10-13-16-18-20-22-24-26-28-30-32-34-35-36-37-38-39-41-42-44-46-48-50-52-54-56-59-62-65-68-74(77)80-71-72(70-79-73(76)67-64-61-58-15-12-9-6-3)81-75(78)69-66-63-60-57-55-53-51-49-47-45-43-40-33-31-29-27-25-23-21-19-17-14-11-8-5-2/h20-23,26-29,72H,4-19,24-25,30-71H2,1-3H3/b22-20-,23-21-,28-26-,29-27-. The molecule has 0 aromatic heterocycles. The molecule has 0 radical (unpaired) electrons. The van der Waals surface area contributed by atoms with Gasteiger partial charge in [0.05, 0.1) is 0 Å². The van der Waals surface area contributed by atoms with Crippen molar-refractivity contribution in [3.05, 3.63) is 48.6 Å². The maximum Gasteiger partial charge on any atom is 0.306 e. The minimum Gasteiger partial charge on any atom is -0.462 e. The fraction of sp³-hybridized carbons (Fsp3) is 0.853. The van der Waals surface area contributed by atoms with Gasteiger partial charge in [0.15, 0.2) is 6.10 Å².